The van der Waals surface area contributed by atoms with Gasteiger partial charge in [0.05, 0.1) is 13.2 Å². The highest BCUT2D eigenvalue weighted by Gasteiger charge is 2.60. The predicted octanol–water partition coefficient (Wildman–Crippen LogP) is 5.76. The molecule has 3 nitrogen and oxygen atoms in total. The van der Waals surface area contributed by atoms with E-state index in [2.05, 4.69) is 33.8 Å². The first kappa shape index (κ1) is 21.4. The van der Waals surface area contributed by atoms with Crippen LogP contribution in [0.1, 0.15) is 85.5 Å². The van der Waals surface area contributed by atoms with E-state index in [1.165, 1.54) is 52.1 Å². The zero-order chi connectivity index (χ0) is 21.0. The van der Waals surface area contributed by atoms with Gasteiger partial charge in [-0.05, 0) is 92.3 Å². The fourth-order valence-corrected chi connectivity index (χ4v) is 8.35. The SMILES string of the molecule is COC(=O)CC[C@@H](C)[C@H]1CC[C@H]2[C@@H]3CC[C@@H]4C[C@H](C)CC[C@]4(C)C3=CC(O)[C@]12C. The number of fused-ring (bicyclic) bond motifs is 5. The van der Waals surface area contributed by atoms with Crippen molar-refractivity contribution in [1.29, 1.82) is 0 Å². The molecule has 0 aromatic heterocycles. The average molecular weight is 403 g/mol. The molecule has 0 aromatic rings. The lowest BCUT2D eigenvalue weighted by Crippen LogP contribution is -2.53. The summed E-state index contributed by atoms with van der Waals surface area (Å²) in [6.07, 6.45) is 12.5. The van der Waals surface area contributed by atoms with Gasteiger partial charge in [0.1, 0.15) is 0 Å². The van der Waals surface area contributed by atoms with Gasteiger partial charge < -0.3 is 9.84 Å². The lowest BCUT2D eigenvalue weighted by molar-refractivity contribution is -0.141. The molecule has 29 heavy (non-hydrogen) atoms. The first-order valence-corrected chi connectivity index (χ1v) is 12.2. The van der Waals surface area contributed by atoms with Gasteiger partial charge in [-0.15, -0.1) is 0 Å². The molecule has 9 atom stereocenters. The Hall–Kier alpha value is -0.830. The maximum Gasteiger partial charge on any atom is 0.305 e. The van der Waals surface area contributed by atoms with Crippen LogP contribution in [0.2, 0.25) is 0 Å². The highest BCUT2D eigenvalue weighted by atomic mass is 16.5. The van der Waals surface area contributed by atoms with E-state index in [9.17, 15) is 9.90 Å². The van der Waals surface area contributed by atoms with Crippen LogP contribution < -0.4 is 0 Å². The van der Waals surface area contributed by atoms with Crippen molar-refractivity contribution in [1.82, 2.24) is 0 Å². The second-order valence-electron chi connectivity index (χ2n) is 11.5. The van der Waals surface area contributed by atoms with Crippen molar-refractivity contribution in [2.75, 3.05) is 7.11 Å². The van der Waals surface area contributed by atoms with Crippen molar-refractivity contribution < 1.29 is 14.6 Å². The number of methoxy groups -OCH3 is 1. The summed E-state index contributed by atoms with van der Waals surface area (Å²) in [4.78, 5) is 11.7. The Morgan fingerprint density at radius 1 is 1.24 bits per heavy atom. The van der Waals surface area contributed by atoms with Crippen LogP contribution in [-0.4, -0.2) is 24.3 Å². The van der Waals surface area contributed by atoms with Crippen LogP contribution in [-0.2, 0) is 9.53 Å². The Morgan fingerprint density at radius 3 is 2.72 bits per heavy atom. The van der Waals surface area contributed by atoms with Gasteiger partial charge in [-0.25, -0.2) is 0 Å². The molecule has 4 aliphatic carbocycles. The number of allylic oxidation sites excluding steroid dienone is 1. The molecule has 3 heteroatoms. The van der Waals surface area contributed by atoms with E-state index in [1.54, 1.807) is 5.57 Å². The third-order valence-corrected chi connectivity index (χ3v) is 10.2. The van der Waals surface area contributed by atoms with Gasteiger partial charge in [0.25, 0.3) is 0 Å². The Bertz CT molecular complexity index is 669. The van der Waals surface area contributed by atoms with E-state index in [4.69, 9.17) is 4.74 Å². The van der Waals surface area contributed by atoms with Gasteiger partial charge in [0.15, 0.2) is 0 Å². The molecule has 0 aromatic carbocycles. The smallest absolute Gasteiger partial charge is 0.305 e. The third-order valence-electron chi connectivity index (χ3n) is 10.2. The maximum absolute atomic E-state index is 11.7. The molecule has 0 amide bonds. The summed E-state index contributed by atoms with van der Waals surface area (Å²) in [6.45, 7) is 9.58. The monoisotopic (exact) mass is 402 g/mol. The summed E-state index contributed by atoms with van der Waals surface area (Å²) in [6, 6.07) is 0. The van der Waals surface area contributed by atoms with Crippen LogP contribution in [0.15, 0.2) is 11.6 Å². The Labute approximate surface area is 177 Å². The van der Waals surface area contributed by atoms with Crippen LogP contribution in [0.4, 0.5) is 0 Å². The Balaban J connectivity index is 1.59. The minimum absolute atomic E-state index is 0.0468. The topological polar surface area (TPSA) is 46.5 Å². The molecule has 4 rings (SSSR count). The van der Waals surface area contributed by atoms with Crippen LogP contribution >= 0.6 is 0 Å². The summed E-state index contributed by atoms with van der Waals surface area (Å²) in [5.74, 6) is 3.74. The van der Waals surface area contributed by atoms with Crippen molar-refractivity contribution in [2.45, 2.75) is 91.6 Å². The normalized spacial score (nSPS) is 47.4. The first-order chi connectivity index (χ1) is 13.7. The highest BCUT2D eigenvalue weighted by molar-refractivity contribution is 5.69. The third kappa shape index (κ3) is 3.30. The largest absolute Gasteiger partial charge is 0.469 e. The molecular formula is C26H42O3. The summed E-state index contributed by atoms with van der Waals surface area (Å²) < 4.78 is 4.86. The summed E-state index contributed by atoms with van der Waals surface area (Å²) in [5, 5.41) is 11.5. The second kappa shape index (κ2) is 7.70. The van der Waals surface area contributed by atoms with Crippen LogP contribution in [0.25, 0.3) is 0 Å². The van der Waals surface area contributed by atoms with Gasteiger partial charge in [0, 0.05) is 11.8 Å². The standard InChI is InChI=1S/C26H42O3/c1-16-12-13-25(3)18(14-16)7-8-19-21-10-9-20(17(2)6-11-24(28)29-5)26(21,4)23(27)15-22(19)25/h15-21,23,27H,6-14H2,1-5H3/t16-,17-,18-,19+,20-,21+,23?,25+,26-/m1/s1. The number of aliphatic hydroxyl groups excluding tert-OH is 1. The number of rotatable bonds is 4. The van der Waals surface area contributed by atoms with E-state index in [0.29, 0.717) is 35.5 Å². The Kier molecular flexibility index (Phi) is 5.68. The molecule has 1 N–H and O–H groups in total. The quantitative estimate of drug-likeness (QED) is 0.480. The number of aliphatic hydroxyl groups is 1. The van der Waals surface area contributed by atoms with E-state index in [0.717, 1.165) is 18.3 Å². The minimum atomic E-state index is -0.346. The average Bonchev–Trinajstić information content (AvgIpc) is 3.06. The van der Waals surface area contributed by atoms with Gasteiger partial charge in [-0.2, -0.15) is 0 Å². The number of hydrogen-bond donors (Lipinski definition) is 1. The van der Waals surface area contributed by atoms with Gasteiger partial charge >= 0.3 is 5.97 Å². The number of ether oxygens (including phenoxy) is 1. The molecule has 0 saturated heterocycles. The second-order valence-corrected chi connectivity index (χ2v) is 11.5. The van der Waals surface area contributed by atoms with E-state index in [1.807, 2.05) is 0 Å². The molecule has 0 aliphatic heterocycles. The molecule has 0 spiro atoms. The molecule has 3 saturated carbocycles. The molecule has 0 radical (unpaired) electrons. The zero-order valence-electron chi connectivity index (χ0n) is 19.2. The molecule has 3 fully saturated rings. The van der Waals surface area contributed by atoms with Crippen LogP contribution in [0.3, 0.4) is 0 Å². The molecule has 4 aliphatic rings. The molecule has 0 heterocycles. The fourth-order valence-electron chi connectivity index (χ4n) is 8.35. The van der Waals surface area contributed by atoms with Gasteiger partial charge in [-0.1, -0.05) is 39.3 Å². The van der Waals surface area contributed by atoms with Crippen molar-refractivity contribution >= 4 is 5.97 Å². The van der Waals surface area contributed by atoms with E-state index >= 15 is 0 Å². The number of carbonyl (C=O) groups excluding carboxylic acids is 1. The molecule has 164 valence electrons. The van der Waals surface area contributed by atoms with Gasteiger partial charge in [0.2, 0.25) is 0 Å². The van der Waals surface area contributed by atoms with E-state index in [-0.39, 0.29) is 17.5 Å². The summed E-state index contributed by atoms with van der Waals surface area (Å²) >= 11 is 0. The van der Waals surface area contributed by atoms with Crippen LogP contribution in [0.5, 0.6) is 0 Å². The highest BCUT2D eigenvalue weighted by Crippen LogP contribution is 2.66. The van der Waals surface area contributed by atoms with Crippen molar-refractivity contribution in [3.8, 4) is 0 Å². The predicted molar refractivity (Wildman–Crippen MR) is 116 cm³/mol. The van der Waals surface area contributed by atoms with E-state index < -0.39 is 0 Å². The minimum Gasteiger partial charge on any atom is -0.469 e. The van der Waals surface area contributed by atoms with Gasteiger partial charge in [-0.3, -0.25) is 4.79 Å². The van der Waals surface area contributed by atoms with Crippen molar-refractivity contribution in [3.63, 3.8) is 0 Å². The lowest BCUT2D eigenvalue weighted by Gasteiger charge is -2.58. The summed E-state index contributed by atoms with van der Waals surface area (Å²) in [5.41, 5.74) is 1.89. The molecule has 1 unspecified atom stereocenters. The first-order valence-electron chi connectivity index (χ1n) is 12.2. The summed E-state index contributed by atoms with van der Waals surface area (Å²) in [7, 11) is 1.47. The molecular weight excluding hydrogens is 360 g/mol. The maximum atomic E-state index is 11.7. The van der Waals surface area contributed by atoms with Crippen LogP contribution in [0, 0.1) is 46.3 Å². The molecule has 0 bridgehead atoms. The van der Waals surface area contributed by atoms with Crippen molar-refractivity contribution in [2.24, 2.45) is 46.3 Å². The number of carbonyl (C=O) groups is 1. The number of hydrogen-bond acceptors (Lipinski definition) is 3. The number of esters is 1. The van der Waals surface area contributed by atoms with Crippen molar-refractivity contribution in [3.05, 3.63) is 11.6 Å². The zero-order valence-corrected chi connectivity index (χ0v) is 19.2. The fraction of sp³-hybridized carbons (Fsp3) is 0.885. The Morgan fingerprint density at radius 2 is 2.00 bits per heavy atom. The lowest BCUT2D eigenvalue weighted by atomic mass is 9.47.